The fraction of sp³-hybridized carbons (Fsp3) is 0.133. The normalized spacial score (nSPS) is 10.1. The summed E-state index contributed by atoms with van der Waals surface area (Å²) in [7, 11) is 0. The molecule has 102 valence electrons. The quantitative estimate of drug-likeness (QED) is 0.300. The predicted octanol–water partition coefficient (Wildman–Crippen LogP) is 1.90. The standard InChI is InChI=1S/C15H13NO3S/c17-14(12-4-2-1-3-5-12)10-16-8-6-13(7-9-16)15(18)19-11-20/h1-9H,10-11H2/p+1. The Morgan fingerprint density at radius 2 is 1.65 bits per heavy atom. The molecule has 0 spiro atoms. The summed E-state index contributed by atoms with van der Waals surface area (Å²) in [6.45, 7) is 0.228. The van der Waals surface area contributed by atoms with Crippen LogP contribution in [0.1, 0.15) is 20.7 Å². The van der Waals surface area contributed by atoms with Gasteiger partial charge in [-0.05, 0) is 0 Å². The maximum atomic E-state index is 12.0. The average Bonchev–Trinajstić information content (AvgIpc) is 2.49. The maximum Gasteiger partial charge on any atom is 0.339 e. The number of nitrogens with zero attached hydrogens (tertiary/aromatic N) is 1. The van der Waals surface area contributed by atoms with Gasteiger partial charge in [0.1, 0.15) is 5.94 Å². The minimum atomic E-state index is -0.429. The number of carbonyl (C=O) groups is 2. The van der Waals surface area contributed by atoms with Crippen LogP contribution in [0.25, 0.3) is 0 Å². The number of carbonyl (C=O) groups excluding carboxylic acids is 2. The largest absolute Gasteiger partial charge is 0.451 e. The van der Waals surface area contributed by atoms with Gasteiger partial charge < -0.3 is 4.74 Å². The average molecular weight is 288 g/mol. The molecular weight excluding hydrogens is 274 g/mol. The molecule has 2 aromatic rings. The molecule has 0 N–H and O–H groups in total. The van der Waals surface area contributed by atoms with Gasteiger partial charge in [-0.3, -0.25) is 4.79 Å². The number of Topliss-reactive ketones (excluding diaryl/α,β-unsaturated/α-hetero) is 1. The lowest BCUT2D eigenvalue weighted by Gasteiger charge is -2.01. The van der Waals surface area contributed by atoms with Crippen LogP contribution < -0.4 is 4.57 Å². The van der Waals surface area contributed by atoms with E-state index < -0.39 is 5.97 Å². The second-order valence-electron chi connectivity index (χ2n) is 4.11. The van der Waals surface area contributed by atoms with Crippen molar-refractivity contribution in [3.8, 4) is 0 Å². The van der Waals surface area contributed by atoms with Crippen LogP contribution in [0.2, 0.25) is 0 Å². The molecule has 1 aromatic carbocycles. The van der Waals surface area contributed by atoms with Crippen molar-refractivity contribution in [1.29, 1.82) is 0 Å². The van der Waals surface area contributed by atoms with E-state index >= 15 is 0 Å². The van der Waals surface area contributed by atoms with Crippen LogP contribution in [0.5, 0.6) is 0 Å². The number of rotatable bonds is 5. The van der Waals surface area contributed by atoms with E-state index in [9.17, 15) is 9.59 Å². The Labute approximate surface area is 122 Å². The molecule has 5 heteroatoms. The predicted molar refractivity (Wildman–Crippen MR) is 76.7 cm³/mol. The Morgan fingerprint density at radius 3 is 2.25 bits per heavy atom. The lowest BCUT2D eigenvalue weighted by atomic mass is 10.1. The van der Waals surface area contributed by atoms with Gasteiger partial charge in [0.15, 0.2) is 12.4 Å². The van der Waals surface area contributed by atoms with Gasteiger partial charge in [-0.25, -0.2) is 4.79 Å². The fourth-order valence-corrected chi connectivity index (χ4v) is 1.84. The first-order chi connectivity index (χ1) is 9.70. The van der Waals surface area contributed by atoms with E-state index in [-0.39, 0.29) is 18.3 Å². The molecule has 0 atom stereocenters. The Morgan fingerprint density at radius 1 is 1.00 bits per heavy atom. The van der Waals surface area contributed by atoms with Crippen molar-refractivity contribution in [3.63, 3.8) is 0 Å². The second kappa shape index (κ2) is 6.86. The van der Waals surface area contributed by atoms with Crippen molar-refractivity contribution >= 4 is 24.4 Å². The summed E-state index contributed by atoms with van der Waals surface area (Å²) in [6.07, 6.45) is 3.35. The van der Waals surface area contributed by atoms with E-state index in [1.54, 1.807) is 41.2 Å². The molecule has 20 heavy (non-hydrogen) atoms. The third-order valence-electron chi connectivity index (χ3n) is 2.74. The van der Waals surface area contributed by atoms with Gasteiger partial charge in [0, 0.05) is 17.7 Å². The third kappa shape index (κ3) is 3.68. The van der Waals surface area contributed by atoms with Crippen molar-refractivity contribution in [2.45, 2.75) is 6.54 Å². The highest BCUT2D eigenvalue weighted by Crippen LogP contribution is 2.01. The van der Waals surface area contributed by atoms with Gasteiger partial charge in [0.25, 0.3) is 0 Å². The molecule has 0 aliphatic carbocycles. The number of benzene rings is 1. The number of thiol groups is 1. The molecule has 0 unspecified atom stereocenters. The number of hydrogen-bond acceptors (Lipinski definition) is 4. The first-order valence-corrected chi connectivity index (χ1v) is 6.69. The fourth-order valence-electron chi connectivity index (χ4n) is 1.72. The van der Waals surface area contributed by atoms with Gasteiger partial charge >= 0.3 is 5.97 Å². The van der Waals surface area contributed by atoms with E-state index in [2.05, 4.69) is 12.6 Å². The van der Waals surface area contributed by atoms with Crippen LogP contribution in [0.3, 0.4) is 0 Å². The molecule has 0 fully saturated rings. The van der Waals surface area contributed by atoms with Crippen molar-refractivity contribution in [1.82, 2.24) is 0 Å². The van der Waals surface area contributed by atoms with Crippen LogP contribution in [0, 0.1) is 0 Å². The SMILES string of the molecule is O=C(C[n+]1ccc(C(=O)OCS)cc1)c1ccccc1. The zero-order valence-electron chi connectivity index (χ0n) is 10.7. The Hall–Kier alpha value is -2.14. The number of ketones is 1. The van der Waals surface area contributed by atoms with Crippen LogP contribution in [-0.2, 0) is 11.3 Å². The van der Waals surface area contributed by atoms with Gasteiger partial charge in [-0.1, -0.05) is 30.3 Å². The van der Waals surface area contributed by atoms with Gasteiger partial charge in [-0.15, -0.1) is 12.6 Å². The zero-order chi connectivity index (χ0) is 14.4. The van der Waals surface area contributed by atoms with E-state index in [4.69, 9.17) is 4.74 Å². The molecule has 1 aromatic heterocycles. The summed E-state index contributed by atoms with van der Waals surface area (Å²) in [5.74, 6) is -0.372. The minimum Gasteiger partial charge on any atom is -0.451 e. The lowest BCUT2D eigenvalue weighted by molar-refractivity contribution is -0.683. The summed E-state index contributed by atoms with van der Waals surface area (Å²) in [5, 5.41) is 0. The van der Waals surface area contributed by atoms with E-state index in [1.807, 2.05) is 18.2 Å². The zero-order valence-corrected chi connectivity index (χ0v) is 11.6. The van der Waals surface area contributed by atoms with Gasteiger partial charge in [0.2, 0.25) is 12.3 Å². The maximum absolute atomic E-state index is 12.0. The molecule has 2 rings (SSSR count). The van der Waals surface area contributed by atoms with E-state index in [0.29, 0.717) is 11.1 Å². The number of esters is 1. The molecule has 0 bridgehead atoms. The summed E-state index contributed by atoms with van der Waals surface area (Å²) >= 11 is 3.82. The first kappa shape index (κ1) is 14.3. The van der Waals surface area contributed by atoms with Gasteiger partial charge in [0.05, 0.1) is 5.56 Å². The van der Waals surface area contributed by atoms with Crippen LogP contribution in [-0.4, -0.2) is 17.7 Å². The molecular formula is C15H14NO3S+. The first-order valence-electron chi connectivity index (χ1n) is 6.06. The Kier molecular flexibility index (Phi) is 4.90. The summed E-state index contributed by atoms with van der Waals surface area (Å²) in [4.78, 5) is 23.5. The van der Waals surface area contributed by atoms with E-state index in [0.717, 1.165) is 0 Å². The lowest BCUT2D eigenvalue weighted by Crippen LogP contribution is -2.37. The third-order valence-corrected chi connectivity index (χ3v) is 2.87. The Balaban J connectivity index is 2.04. The smallest absolute Gasteiger partial charge is 0.339 e. The summed E-state index contributed by atoms with van der Waals surface area (Å²) in [5.41, 5.74) is 1.10. The molecule has 0 aliphatic rings. The summed E-state index contributed by atoms with van der Waals surface area (Å²) in [6, 6.07) is 12.3. The van der Waals surface area contributed by atoms with Gasteiger partial charge in [-0.2, -0.15) is 4.57 Å². The highest BCUT2D eigenvalue weighted by Gasteiger charge is 2.13. The molecule has 1 heterocycles. The summed E-state index contributed by atoms with van der Waals surface area (Å²) < 4.78 is 6.48. The van der Waals surface area contributed by atoms with Crippen LogP contribution in [0.15, 0.2) is 54.9 Å². The number of aromatic nitrogens is 1. The van der Waals surface area contributed by atoms with Crippen molar-refractivity contribution in [3.05, 3.63) is 66.0 Å². The van der Waals surface area contributed by atoms with Crippen molar-refractivity contribution in [2.24, 2.45) is 0 Å². The van der Waals surface area contributed by atoms with E-state index in [1.165, 1.54) is 0 Å². The molecule has 0 amide bonds. The van der Waals surface area contributed by atoms with Crippen molar-refractivity contribution < 1.29 is 18.9 Å². The second-order valence-corrected chi connectivity index (χ2v) is 4.37. The number of pyridine rings is 1. The molecule has 0 saturated heterocycles. The molecule has 0 saturated carbocycles. The Bertz CT molecular complexity index is 596. The van der Waals surface area contributed by atoms with Crippen molar-refractivity contribution in [2.75, 3.05) is 5.94 Å². The number of ether oxygens (including phenoxy) is 1. The molecule has 0 aliphatic heterocycles. The monoisotopic (exact) mass is 288 g/mol. The topological polar surface area (TPSA) is 47.2 Å². The molecule has 0 radical (unpaired) electrons. The number of hydrogen-bond donors (Lipinski definition) is 1. The minimum absolute atomic E-state index is 0.0151. The molecule has 4 nitrogen and oxygen atoms in total. The van der Waals surface area contributed by atoms with Crippen LogP contribution in [0.4, 0.5) is 0 Å². The highest BCUT2D eigenvalue weighted by atomic mass is 32.1. The highest BCUT2D eigenvalue weighted by molar-refractivity contribution is 7.80. The van der Waals surface area contributed by atoms with Crippen LogP contribution >= 0.6 is 12.6 Å².